The molecule has 0 N–H and O–H groups in total. The molecule has 0 aliphatic heterocycles. The molecule has 0 saturated heterocycles. The van der Waals surface area contributed by atoms with Gasteiger partial charge in [0.05, 0.1) is 12.7 Å². The fourth-order valence-corrected chi connectivity index (χ4v) is 3.85. The second-order valence-corrected chi connectivity index (χ2v) is 7.20. The van der Waals surface area contributed by atoms with Crippen LogP contribution in [0.15, 0.2) is 17.3 Å². The molecule has 7 heteroatoms. The number of aryl methyl sites for hydroxylation is 1. The second kappa shape index (κ2) is 6.24. The molecule has 0 aromatic carbocycles. The van der Waals surface area contributed by atoms with Crippen molar-refractivity contribution in [3.8, 4) is 0 Å². The molecule has 1 heterocycles. The predicted octanol–water partition coefficient (Wildman–Crippen LogP) is 1.93. The van der Waals surface area contributed by atoms with Gasteiger partial charge in [0, 0.05) is 25.2 Å². The Morgan fingerprint density at radius 3 is 2.79 bits per heavy atom. The van der Waals surface area contributed by atoms with Crippen molar-refractivity contribution in [2.45, 2.75) is 37.6 Å². The van der Waals surface area contributed by atoms with Gasteiger partial charge in [-0.05, 0) is 18.8 Å². The minimum atomic E-state index is -3.41. The standard InChI is InChI=1S/C12H20ClN3O2S/c1-2-16(9-11-4-3-5-11)19(17,18)12-8-14-15(10-12)7-6-13/h8,10-11H,2-7,9H2,1H3. The highest BCUT2D eigenvalue weighted by Gasteiger charge is 2.29. The highest BCUT2D eigenvalue weighted by molar-refractivity contribution is 7.89. The molecule has 0 amide bonds. The van der Waals surface area contributed by atoms with Gasteiger partial charge in [-0.1, -0.05) is 13.3 Å². The molecule has 0 atom stereocenters. The number of hydrogen-bond donors (Lipinski definition) is 0. The fraction of sp³-hybridized carbons (Fsp3) is 0.750. The van der Waals surface area contributed by atoms with Gasteiger partial charge in [0.25, 0.3) is 0 Å². The van der Waals surface area contributed by atoms with Gasteiger partial charge in [0.2, 0.25) is 10.0 Å². The van der Waals surface area contributed by atoms with Gasteiger partial charge in [0.1, 0.15) is 4.90 Å². The van der Waals surface area contributed by atoms with E-state index in [1.807, 2.05) is 6.92 Å². The Morgan fingerprint density at radius 1 is 1.53 bits per heavy atom. The average molecular weight is 306 g/mol. The van der Waals surface area contributed by atoms with E-state index in [4.69, 9.17) is 11.6 Å². The number of aromatic nitrogens is 2. The number of hydrogen-bond acceptors (Lipinski definition) is 3. The Morgan fingerprint density at radius 2 is 2.26 bits per heavy atom. The van der Waals surface area contributed by atoms with Crippen molar-refractivity contribution in [2.75, 3.05) is 19.0 Å². The maximum absolute atomic E-state index is 12.5. The Kier molecular flexibility index (Phi) is 4.86. The van der Waals surface area contributed by atoms with Crippen LogP contribution in [0.5, 0.6) is 0 Å². The van der Waals surface area contributed by atoms with Gasteiger partial charge in [-0.3, -0.25) is 4.68 Å². The largest absolute Gasteiger partial charge is 0.270 e. The number of halogens is 1. The summed E-state index contributed by atoms with van der Waals surface area (Å²) in [7, 11) is -3.41. The molecule has 0 spiro atoms. The van der Waals surface area contributed by atoms with Crippen molar-refractivity contribution >= 4 is 21.6 Å². The molecule has 108 valence electrons. The first kappa shape index (κ1) is 14.8. The molecule has 19 heavy (non-hydrogen) atoms. The molecular weight excluding hydrogens is 286 g/mol. The summed E-state index contributed by atoms with van der Waals surface area (Å²) in [5, 5.41) is 4.03. The Bertz CT molecular complexity index is 511. The van der Waals surface area contributed by atoms with Crippen molar-refractivity contribution in [3.05, 3.63) is 12.4 Å². The van der Waals surface area contributed by atoms with Crippen LogP contribution in [0.25, 0.3) is 0 Å². The smallest absolute Gasteiger partial charge is 0.246 e. The molecule has 1 saturated carbocycles. The lowest BCUT2D eigenvalue weighted by atomic mass is 9.85. The zero-order valence-corrected chi connectivity index (χ0v) is 12.7. The third kappa shape index (κ3) is 3.30. The van der Waals surface area contributed by atoms with E-state index in [-0.39, 0.29) is 4.90 Å². The summed E-state index contributed by atoms with van der Waals surface area (Å²) in [4.78, 5) is 0.263. The van der Waals surface area contributed by atoms with Gasteiger partial charge >= 0.3 is 0 Å². The van der Waals surface area contributed by atoms with Crippen LogP contribution < -0.4 is 0 Å². The maximum Gasteiger partial charge on any atom is 0.246 e. The van der Waals surface area contributed by atoms with Gasteiger partial charge in [-0.25, -0.2) is 8.42 Å². The molecule has 0 radical (unpaired) electrons. The van der Waals surface area contributed by atoms with Crippen LogP contribution in [0.3, 0.4) is 0 Å². The van der Waals surface area contributed by atoms with E-state index in [1.54, 1.807) is 15.2 Å². The van der Waals surface area contributed by atoms with E-state index in [2.05, 4.69) is 5.10 Å². The Balaban J connectivity index is 2.13. The molecule has 1 aliphatic carbocycles. The van der Waals surface area contributed by atoms with Crippen molar-refractivity contribution in [3.63, 3.8) is 0 Å². The van der Waals surface area contributed by atoms with Crippen LogP contribution >= 0.6 is 11.6 Å². The molecular formula is C12H20ClN3O2S. The van der Waals surface area contributed by atoms with Gasteiger partial charge in [-0.2, -0.15) is 9.40 Å². The van der Waals surface area contributed by atoms with E-state index in [0.717, 1.165) is 12.8 Å². The average Bonchev–Trinajstić information content (AvgIpc) is 2.77. The zero-order valence-electron chi connectivity index (χ0n) is 11.1. The van der Waals surface area contributed by atoms with Crippen LogP contribution in [0, 0.1) is 5.92 Å². The second-order valence-electron chi connectivity index (χ2n) is 4.88. The van der Waals surface area contributed by atoms with Gasteiger partial charge in [0.15, 0.2) is 0 Å². The minimum Gasteiger partial charge on any atom is -0.270 e. The maximum atomic E-state index is 12.5. The lowest BCUT2D eigenvalue weighted by Gasteiger charge is -2.30. The molecule has 2 rings (SSSR count). The van der Waals surface area contributed by atoms with Crippen LogP contribution in [0.1, 0.15) is 26.2 Å². The third-order valence-electron chi connectivity index (χ3n) is 3.60. The highest BCUT2D eigenvalue weighted by Crippen LogP contribution is 2.29. The molecule has 0 bridgehead atoms. The van der Waals surface area contributed by atoms with E-state index >= 15 is 0 Å². The lowest BCUT2D eigenvalue weighted by Crippen LogP contribution is -2.37. The SMILES string of the molecule is CCN(CC1CCC1)S(=O)(=O)c1cnn(CCCl)c1. The first-order valence-electron chi connectivity index (χ1n) is 6.66. The van der Waals surface area contributed by atoms with Crippen molar-refractivity contribution < 1.29 is 8.42 Å². The van der Waals surface area contributed by atoms with E-state index in [0.29, 0.717) is 31.4 Å². The topological polar surface area (TPSA) is 55.2 Å². The summed E-state index contributed by atoms with van der Waals surface area (Å²) < 4.78 is 28.1. The van der Waals surface area contributed by atoms with E-state index < -0.39 is 10.0 Å². The quantitative estimate of drug-likeness (QED) is 0.723. The molecule has 1 aromatic heterocycles. The monoisotopic (exact) mass is 305 g/mol. The van der Waals surface area contributed by atoms with Crippen molar-refractivity contribution in [1.29, 1.82) is 0 Å². The first-order valence-corrected chi connectivity index (χ1v) is 8.64. The number of rotatable bonds is 7. The van der Waals surface area contributed by atoms with Crippen LogP contribution in [0.2, 0.25) is 0 Å². The summed E-state index contributed by atoms with van der Waals surface area (Å²) in [6, 6.07) is 0. The lowest BCUT2D eigenvalue weighted by molar-refractivity contribution is 0.250. The summed E-state index contributed by atoms with van der Waals surface area (Å²) in [5.41, 5.74) is 0. The summed E-state index contributed by atoms with van der Waals surface area (Å²) in [6.45, 7) is 3.52. The highest BCUT2D eigenvalue weighted by atomic mass is 35.5. The van der Waals surface area contributed by atoms with Crippen LogP contribution in [-0.4, -0.2) is 41.5 Å². The Labute approximate surface area is 119 Å². The number of sulfonamides is 1. The zero-order chi connectivity index (χ0) is 13.9. The third-order valence-corrected chi connectivity index (χ3v) is 5.66. The molecule has 5 nitrogen and oxygen atoms in total. The molecule has 1 aromatic rings. The molecule has 1 aliphatic rings. The number of alkyl halides is 1. The van der Waals surface area contributed by atoms with E-state index in [9.17, 15) is 8.42 Å². The van der Waals surface area contributed by atoms with Crippen LogP contribution in [-0.2, 0) is 16.6 Å². The van der Waals surface area contributed by atoms with Gasteiger partial charge < -0.3 is 0 Å². The molecule has 0 unspecified atom stereocenters. The molecule has 1 fully saturated rings. The Hall–Kier alpha value is -0.590. The van der Waals surface area contributed by atoms with Crippen molar-refractivity contribution in [1.82, 2.24) is 14.1 Å². The van der Waals surface area contributed by atoms with Gasteiger partial charge in [-0.15, -0.1) is 11.6 Å². The minimum absolute atomic E-state index is 0.263. The summed E-state index contributed by atoms with van der Waals surface area (Å²) >= 11 is 5.62. The van der Waals surface area contributed by atoms with E-state index in [1.165, 1.54) is 12.6 Å². The predicted molar refractivity (Wildman–Crippen MR) is 74.7 cm³/mol. The normalized spacial score (nSPS) is 16.8. The van der Waals surface area contributed by atoms with Crippen molar-refractivity contribution in [2.24, 2.45) is 5.92 Å². The summed E-state index contributed by atoms with van der Waals surface area (Å²) in [5.74, 6) is 0.938. The fourth-order valence-electron chi connectivity index (χ4n) is 2.20. The first-order chi connectivity index (χ1) is 9.07. The van der Waals surface area contributed by atoms with Crippen LogP contribution in [0.4, 0.5) is 0 Å². The number of nitrogens with zero attached hydrogens (tertiary/aromatic N) is 3. The summed E-state index contributed by atoms with van der Waals surface area (Å²) in [6.07, 6.45) is 6.46.